The van der Waals surface area contributed by atoms with Crippen LogP contribution in [0.1, 0.15) is 19.8 Å². The van der Waals surface area contributed by atoms with Crippen LogP contribution >= 0.6 is 22.9 Å². The number of carbonyl (C=O) groups is 3. The number of urea groups is 1. The highest BCUT2D eigenvalue weighted by Gasteiger charge is 2.56. The van der Waals surface area contributed by atoms with E-state index >= 15 is 0 Å². The summed E-state index contributed by atoms with van der Waals surface area (Å²) in [4.78, 5) is 42.1. The fourth-order valence-corrected chi connectivity index (χ4v) is 4.21. The Morgan fingerprint density at radius 2 is 2.24 bits per heavy atom. The summed E-state index contributed by atoms with van der Waals surface area (Å²) < 4.78 is 0.846. The standard InChI is InChI=1S/C16H15ClN4O3S/c1-16(8-2-3-8)13(23)21(15(24)20-16)7-12(22)19-14-18-10-5-4-9(17)6-11(10)25-14/h4-6,8H,2-3,7H2,1H3,(H,20,24)(H,18,19,22)/t16-/m0/s1. The summed E-state index contributed by atoms with van der Waals surface area (Å²) in [5.41, 5.74) is -0.162. The monoisotopic (exact) mass is 378 g/mol. The van der Waals surface area contributed by atoms with Gasteiger partial charge in [-0.15, -0.1) is 0 Å². The number of amides is 4. The number of halogens is 1. The zero-order valence-corrected chi connectivity index (χ0v) is 14.9. The van der Waals surface area contributed by atoms with E-state index in [0.717, 1.165) is 28.0 Å². The van der Waals surface area contributed by atoms with E-state index in [9.17, 15) is 14.4 Å². The zero-order chi connectivity index (χ0) is 17.8. The first-order valence-corrected chi connectivity index (χ1v) is 9.06. The number of hydrogen-bond acceptors (Lipinski definition) is 5. The second kappa shape index (κ2) is 5.67. The van der Waals surface area contributed by atoms with Crippen molar-refractivity contribution in [2.75, 3.05) is 11.9 Å². The lowest BCUT2D eigenvalue weighted by Crippen LogP contribution is -2.46. The van der Waals surface area contributed by atoms with Crippen LogP contribution in [0.25, 0.3) is 10.2 Å². The maximum atomic E-state index is 12.5. The number of nitrogens with one attached hydrogen (secondary N) is 2. The molecular formula is C16H15ClN4O3S. The summed E-state index contributed by atoms with van der Waals surface area (Å²) in [5, 5.41) is 6.35. The lowest BCUT2D eigenvalue weighted by molar-refractivity contribution is -0.134. The number of fused-ring (bicyclic) bond motifs is 1. The second-order valence-corrected chi connectivity index (χ2v) is 7.94. The molecule has 2 heterocycles. The van der Waals surface area contributed by atoms with Crippen molar-refractivity contribution >= 4 is 56.1 Å². The van der Waals surface area contributed by atoms with Crippen LogP contribution in [0.3, 0.4) is 0 Å². The molecular weight excluding hydrogens is 364 g/mol. The van der Waals surface area contributed by atoms with E-state index in [1.165, 1.54) is 11.3 Å². The van der Waals surface area contributed by atoms with Crippen LogP contribution in [-0.2, 0) is 9.59 Å². The highest BCUT2D eigenvalue weighted by atomic mass is 35.5. The molecule has 0 radical (unpaired) electrons. The van der Waals surface area contributed by atoms with Crippen molar-refractivity contribution in [1.29, 1.82) is 0 Å². The third-order valence-electron chi connectivity index (χ3n) is 4.59. The predicted octanol–water partition coefficient (Wildman–Crippen LogP) is 2.61. The Kier molecular flexibility index (Phi) is 3.69. The first kappa shape index (κ1) is 16.3. The minimum absolute atomic E-state index is 0.158. The Balaban J connectivity index is 1.46. The molecule has 1 saturated heterocycles. The summed E-state index contributed by atoms with van der Waals surface area (Å²) in [6.07, 6.45) is 1.83. The van der Waals surface area contributed by atoms with Crippen LogP contribution in [0.15, 0.2) is 18.2 Å². The lowest BCUT2D eigenvalue weighted by atomic mass is 9.96. The molecule has 1 saturated carbocycles. The molecule has 2 aromatic rings. The van der Waals surface area contributed by atoms with E-state index < -0.39 is 17.5 Å². The smallest absolute Gasteiger partial charge is 0.323 e. The quantitative estimate of drug-likeness (QED) is 0.800. The number of benzene rings is 1. The topological polar surface area (TPSA) is 91.4 Å². The van der Waals surface area contributed by atoms with Gasteiger partial charge < -0.3 is 10.6 Å². The molecule has 1 aromatic carbocycles. The highest BCUT2D eigenvalue weighted by Crippen LogP contribution is 2.42. The molecule has 7 nitrogen and oxygen atoms in total. The average molecular weight is 379 g/mol. The van der Waals surface area contributed by atoms with Gasteiger partial charge in [0.1, 0.15) is 12.1 Å². The third-order valence-corrected chi connectivity index (χ3v) is 5.76. The molecule has 4 rings (SSSR count). The molecule has 2 N–H and O–H groups in total. The van der Waals surface area contributed by atoms with Gasteiger partial charge in [-0.3, -0.25) is 14.5 Å². The van der Waals surface area contributed by atoms with Gasteiger partial charge in [0.05, 0.1) is 10.2 Å². The maximum Gasteiger partial charge on any atom is 0.325 e. The van der Waals surface area contributed by atoms with Crippen LogP contribution in [0.2, 0.25) is 5.02 Å². The highest BCUT2D eigenvalue weighted by molar-refractivity contribution is 7.22. The van der Waals surface area contributed by atoms with Gasteiger partial charge in [0.2, 0.25) is 5.91 Å². The first-order chi connectivity index (χ1) is 11.9. The molecule has 130 valence electrons. The van der Waals surface area contributed by atoms with Gasteiger partial charge in [-0.25, -0.2) is 9.78 Å². The average Bonchev–Trinajstić information content (AvgIpc) is 3.29. The molecule has 1 aromatic heterocycles. The SMILES string of the molecule is C[C@@]1(C2CC2)NC(=O)N(CC(=O)Nc2nc3ccc(Cl)cc3s2)C1=O. The Hall–Kier alpha value is -2.19. The fraction of sp³-hybridized carbons (Fsp3) is 0.375. The zero-order valence-electron chi connectivity index (χ0n) is 13.3. The molecule has 25 heavy (non-hydrogen) atoms. The van der Waals surface area contributed by atoms with E-state index in [0.29, 0.717) is 10.2 Å². The minimum Gasteiger partial charge on any atom is -0.323 e. The molecule has 2 aliphatic rings. The number of hydrogen-bond donors (Lipinski definition) is 2. The largest absolute Gasteiger partial charge is 0.325 e. The molecule has 9 heteroatoms. The molecule has 1 atom stereocenters. The van der Waals surface area contributed by atoms with Gasteiger partial charge in [0.25, 0.3) is 5.91 Å². The van der Waals surface area contributed by atoms with Crippen LogP contribution in [0.5, 0.6) is 0 Å². The van der Waals surface area contributed by atoms with Gasteiger partial charge in [-0.2, -0.15) is 0 Å². The normalized spacial score (nSPS) is 23.2. The van der Waals surface area contributed by atoms with E-state index in [2.05, 4.69) is 15.6 Å². The minimum atomic E-state index is -0.885. The second-order valence-electron chi connectivity index (χ2n) is 6.48. The number of carbonyl (C=O) groups excluding carboxylic acids is 3. The van der Waals surface area contributed by atoms with Crippen molar-refractivity contribution in [2.24, 2.45) is 5.92 Å². The molecule has 4 amide bonds. The molecule has 0 spiro atoms. The van der Waals surface area contributed by atoms with Crippen LogP contribution < -0.4 is 10.6 Å². The number of nitrogens with zero attached hydrogens (tertiary/aromatic N) is 2. The first-order valence-electron chi connectivity index (χ1n) is 7.87. The molecule has 1 aliphatic heterocycles. The van der Waals surface area contributed by atoms with Crippen molar-refractivity contribution in [3.05, 3.63) is 23.2 Å². The number of thiazole rings is 1. The summed E-state index contributed by atoms with van der Waals surface area (Å²) in [7, 11) is 0. The van der Waals surface area contributed by atoms with Crippen molar-refractivity contribution in [3.63, 3.8) is 0 Å². The van der Waals surface area contributed by atoms with E-state index in [1.807, 2.05) is 0 Å². The van der Waals surface area contributed by atoms with Crippen molar-refractivity contribution in [3.8, 4) is 0 Å². The summed E-state index contributed by atoms with van der Waals surface area (Å²) in [6.45, 7) is 1.39. The predicted molar refractivity (Wildman–Crippen MR) is 94.6 cm³/mol. The lowest BCUT2D eigenvalue weighted by Gasteiger charge is -2.20. The van der Waals surface area contributed by atoms with E-state index in [4.69, 9.17) is 11.6 Å². The van der Waals surface area contributed by atoms with Gasteiger partial charge in [0.15, 0.2) is 5.13 Å². The van der Waals surface area contributed by atoms with Gasteiger partial charge in [-0.1, -0.05) is 22.9 Å². The number of anilines is 1. The number of rotatable bonds is 4. The van der Waals surface area contributed by atoms with Crippen LogP contribution in [-0.4, -0.2) is 39.8 Å². The summed E-state index contributed by atoms with van der Waals surface area (Å²) in [5.74, 6) is -0.647. The van der Waals surface area contributed by atoms with Crippen molar-refractivity contribution in [1.82, 2.24) is 15.2 Å². The molecule has 2 fully saturated rings. The Labute approximate surface area is 152 Å². The fourth-order valence-electron chi connectivity index (χ4n) is 3.05. The summed E-state index contributed by atoms with van der Waals surface area (Å²) in [6, 6.07) is 4.73. The molecule has 1 aliphatic carbocycles. The van der Waals surface area contributed by atoms with Gasteiger partial charge in [0, 0.05) is 5.02 Å². The Bertz CT molecular complexity index is 910. The van der Waals surface area contributed by atoms with Crippen molar-refractivity contribution in [2.45, 2.75) is 25.3 Å². The number of aromatic nitrogens is 1. The Morgan fingerprint density at radius 1 is 1.48 bits per heavy atom. The van der Waals surface area contributed by atoms with Gasteiger partial charge >= 0.3 is 6.03 Å². The van der Waals surface area contributed by atoms with Crippen LogP contribution in [0.4, 0.5) is 9.93 Å². The van der Waals surface area contributed by atoms with E-state index in [-0.39, 0.29) is 18.4 Å². The Morgan fingerprint density at radius 3 is 2.96 bits per heavy atom. The van der Waals surface area contributed by atoms with Gasteiger partial charge in [-0.05, 0) is 43.9 Å². The third kappa shape index (κ3) is 2.85. The summed E-state index contributed by atoms with van der Waals surface area (Å²) >= 11 is 7.22. The molecule has 0 bridgehead atoms. The maximum absolute atomic E-state index is 12.5. The number of imide groups is 1. The van der Waals surface area contributed by atoms with E-state index in [1.54, 1.807) is 25.1 Å². The van der Waals surface area contributed by atoms with Crippen molar-refractivity contribution < 1.29 is 14.4 Å². The molecule has 0 unspecified atom stereocenters. The van der Waals surface area contributed by atoms with Crippen LogP contribution in [0, 0.1) is 5.92 Å².